The first-order valence-electron chi connectivity index (χ1n) is 21.2. The fraction of sp³-hybridized carbons (Fsp3) is 0.756. The summed E-state index contributed by atoms with van der Waals surface area (Å²) in [5.74, 6) is -1.53. The van der Waals surface area contributed by atoms with E-state index in [1.807, 2.05) is 21.1 Å². The summed E-state index contributed by atoms with van der Waals surface area (Å²) in [6.07, 6.45) is 41.6. The number of unbranched alkanes of at least 4 members (excludes halogenated alkanes) is 17. The van der Waals surface area contributed by atoms with Gasteiger partial charge >= 0.3 is 17.9 Å². The van der Waals surface area contributed by atoms with Crippen molar-refractivity contribution in [2.45, 2.75) is 180 Å². The average Bonchev–Trinajstić information content (AvgIpc) is 3.11. The summed E-state index contributed by atoms with van der Waals surface area (Å²) in [7, 11) is 5.50. The highest BCUT2D eigenvalue weighted by Gasteiger charge is 2.31. The van der Waals surface area contributed by atoms with Crippen LogP contribution in [-0.2, 0) is 28.6 Å². The summed E-state index contributed by atoms with van der Waals surface area (Å²) in [5, 5.41) is 9.60. The van der Waals surface area contributed by atoms with Gasteiger partial charge < -0.3 is 23.8 Å². The van der Waals surface area contributed by atoms with Gasteiger partial charge in [0, 0.05) is 19.3 Å². The second-order valence-electron chi connectivity index (χ2n) is 15.3. The molecule has 2 unspecified atom stereocenters. The Balaban J connectivity index is 4.42. The molecular weight excluding hydrogens is 666 g/mol. The zero-order chi connectivity index (χ0) is 39.3. The second kappa shape index (κ2) is 36.3. The van der Waals surface area contributed by atoms with Crippen molar-refractivity contribution in [3.8, 4) is 0 Å². The minimum Gasteiger partial charge on any atom is -0.477 e. The number of carboxylic acid groups (broad SMARTS) is 1. The summed E-state index contributed by atoms with van der Waals surface area (Å²) >= 11 is 0. The third-order valence-corrected chi connectivity index (χ3v) is 9.26. The normalized spacial score (nSPS) is 13.5. The van der Waals surface area contributed by atoms with Crippen LogP contribution in [0.2, 0.25) is 0 Å². The number of nitrogens with zero attached hydrogens (tertiary/aromatic N) is 1. The smallest absolute Gasteiger partial charge is 0.362 e. The van der Waals surface area contributed by atoms with Gasteiger partial charge in [0.25, 0.3) is 0 Å². The summed E-state index contributed by atoms with van der Waals surface area (Å²) in [6, 6.07) is -0.621. The van der Waals surface area contributed by atoms with Gasteiger partial charge in [0.05, 0.1) is 34.4 Å². The first kappa shape index (κ1) is 50.3. The monoisotopic (exact) mass is 747 g/mol. The second-order valence-corrected chi connectivity index (χ2v) is 15.3. The van der Waals surface area contributed by atoms with Crippen molar-refractivity contribution >= 4 is 17.9 Å². The Hall–Kier alpha value is -2.71. The van der Waals surface area contributed by atoms with Crippen LogP contribution in [0, 0.1) is 0 Å². The van der Waals surface area contributed by atoms with E-state index in [1.165, 1.54) is 64.2 Å². The quantitative estimate of drug-likeness (QED) is 0.0292. The van der Waals surface area contributed by atoms with Crippen LogP contribution in [-0.4, -0.2) is 80.6 Å². The molecule has 2 atom stereocenters. The van der Waals surface area contributed by atoms with Gasteiger partial charge in [-0.1, -0.05) is 140 Å². The molecule has 1 N–H and O–H groups in total. The lowest BCUT2D eigenvalue weighted by atomic mass is 10.1. The Kier molecular flexibility index (Phi) is 34.4. The molecule has 0 rings (SSSR count). The van der Waals surface area contributed by atoms with E-state index in [-0.39, 0.29) is 36.2 Å². The van der Waals surface area contributed by atoms with E-state index in [4.69, 9.17) is 14.2 Å². The molecule has 0 aliphatic rings. The lowest BCUT2D eigenvalue weighted by Crippen LogP contribution is -2.50. The van der Waals surface area contributed by atoms with Crippen LogP contribution in [0.1, 0.15) is 168 Å². The van der Waals surface area contributed by atoms with E-state index in [0.717, 1.165) is 70.6 Å². The number of esters is 2. The molecule has 0 amide bonds. The number of allylic oxidation sites excluding steroid dienone is 8. The number of ether oxygens (including phenoxy) is 3. The maximum Gasteiger partial charge on any atom is 0.362 e. The maximum absolute atomic E-state index is 12.7. The molecule has 0 spiro atoms. The Labute approximate surface area is 325 Å². The number of carboxylic acids is 1. The van der Waals surface area contributed by atoms with Crippen LogP contribution in [0.15, 0.2) is 48.6 Å². The molecule has 0 saturated heterocycles. The van der Waals surface area contributed by atoms with Crippen molar-refractivity contribution in [1.29, 1.82) is 0 Å². The molecule has 0 heterocycles. The van der Waals surface area contributed by atoms with Gasteiger partial charge in [-0.15, -0.1) is 0 Å². The standard InChI is InChI=1S/C45H79NO7/c1-6-8-10-12-14-16-18-19-20-21-22-23-24-26-28-30-32-34-36-44(48)53-41(39-51-38-37-42(45(49)50)46(3,4)5)40-52-43(47)35-33-31-29-27-25-17-15-13-11-9-7-2/h13,15,17,20-23,25,41-42H,6-12,14,16,18-19,24,26-40H2,1-5H3/p+1/b15-13+,21-20+,23-22+,25-17+. The van der Waals surface area contributed by atoms with Crippen molar-refractivity contribution in [3.63, 3.8) is 0 Å². The van der Waals surface area contributed by atoms with Gasteiger partial charge in [-0.05, 0) is 57.8 Å². The Morgan fingerprint density at radius 2 is 1.00 bits per heavy atom. The molecule has 0 aliphatic carbocycles. The predicted octanol–water partition coefficient (Wildman–Crippen LogP) is 11.2. The molecular formula is C45H80NO7+. The average molecular weight is 747 g/mol. The van der Waals surface area contributed by atoms with E-state index >= 15 is 0 Å². The van der Waals surface area contributed by atoms with Gasteiger partial charge in [-0.25, -0.2) is 4.79 Å². The van der Waals surface area contributed by atoms with E-state index in [0.29, 0.717) is 19.3 Å². The molecule has 0 aromatic carbocycles. The lowest BCUT2D eigenvalue weighted by molar-refractivity contribution is -0.887. The van der Waals surface area contributed by atoms with Crippen LogP contribution in [0.25, 0.3) is 0 Å². The van der Waals surface area contributed by atoms with Crippen molar-refractivity contribution in [1.82, 2.24) is 0 Å². The maximum atomic E-state index is 12.7. The number of carbonyl (C=O) groups is 3. The molecule has 0 aromatic rings. The van der Waals surface area contributed by atoms with E-state index in [1.54, 1.807) is 0 Å². The van der Waals surface area contributed by atoms with Gasteiger partial charge in [-0.3, -0.25) is 9.59 Å². The zero-order valence-corrected chi connectivity index (χ0v) is 34.7. The molecule has 0 saturated carbocycles. The van der Waals surface area contributed by atoms with Crippen LogP contribution < -0.4 is 0 Å². The van der Waals surface area contributed by atoms with E-state index in [9.17, 15) is 19.5 Å². The minimum absolute atomic E-state index is 0.0452. The number of hydrogen-bond acceptors (Lipinski definition) is 6. The SMILES string of the molecule is CCCC/C=C/C=C/CCCCCC(=O)OCC(COCCC(C(=O)O)[N+](C)(C)C)OC(=O)CCCCCCC/C=C/C=C/CCCCCCCCC. The van der Waals surface area contributed by atoms with E-state index in [2.05, 4.69) is 62.5 Å². The molecule has 8 heteroatoms. The number of carbonyl (C=O) groups excluding carboxylic acids is 2. The highest BCUT2D eigenvalue weighted by atomic mass is 16.6. The molecule has 53 heavy (non-hydrogen) atoms. The largest absolute Gasteiger partial charge is 0.477 e. The van der Waals surface area contributed by atoms with Crippen molar-refractivity contribution in [2.24, 2.45) is 0 Å². The summed E-state index contributed by atoms with van der Waals surface area (Å²) in [5.41, 5.74) is 0. The van der Waals surface area contributed by atoms with Crippen LogP contribution in [0.4, 0.5) is 0 Å². The van der Waals surface area contributed by atoms with Crippen molar-refractivity contribution in [3.05, 3.63) is 48.6 Å². The fourth-order valence-corrected chi connectivity index (χ4v) is 5.88. The van der Waals surface area contributed by atoms with Crippen LogP contribution >= 0.6 is 0 Å². The van der Waals surface area contributed by atoms with Gasteiger partial charge in [0.15, 0.2) is 12.1 Å². The van der Waals surface area contributed by atoms with Crippen molar-refractivity contribution < 1.29 is 38.2 Å². The highest BCUT2D eigenvalue weighted by molar-refractivity contribution is 5.72. The third kappa shape index (κ3) is 34.8. The highest BCUT2D eigenvalue weighted by Crippen LogP contribution is 2.13. The zero-order valence-electron chi connectivity index (χ0n) is 34.7. The summed E-state index contributed by atoms with van der Waals surface area (Å²) in [4.78, 5) is 36.8. The molecule has 0 bridgehead atoms. The molecule has 8 nitrogen and oxygen atoms in total. The molecule has 0 aliphatic heterocycles. The van der Waals surface area contributed by atoms with Crippen LogP contribution in [0.3, 0.4) is 0 Å². The Morgan fingerprint density at radius 3 is 1.49 bits per heavy atom. The minimum atomic E-state index is -0.883. The number of rotatable bonds is 37. The van der Waals surface area contributed by atoms with Gasteiger partial charge in [0.1, 0.15) is 6.61 Å². The summed E-state index contributed by atoms with van der Waals surface area (Å²) in [6.45, 7) is 4.62. The third-order valence-electron chi connectivity index (χ3n) is 9.26. The first-order chi connectivity index (χ1) is 25.6. The van der Waals surface area contributed by atoms with Crippen molar-refractivity contribution in [2.75, 3.05) is 41.0 Å². The molecule has 306 valence electrons. The predicted molar refractivity (Wildman–Crippen MR) is 220 cm³/mol. The van der Waals surface area contributed by atoms with Gasteiger partial charge in [-0.2, -0.15) is 0 Å². The van der Waals surface area contributed by atoms with E-state index < -0.39 is 18.1 Å². The molecule has 0 aromatic heterocycles. The molecule has 0 radical (unpaired) electrons. The summed E-state index contributed by atoms with van der Waals surface area (Å²) < 4.78 is 17.2. The number of hydrogen-bond donors (Lipinski definition) is 1. The topological polar surface area (TPSA) is 99.1 Å². The van der Waals surface area contributed by atoms with Crippen LogP contribution in [0.5, 0.6) is 0 Å². The Bertz CT molecular complexity index is 1010. The Morgan fingerprint density at radius 1 is 0.566 bits per heavy atom. The lowest BCUT2D eigenvalue weighted by Gasteiger charge is -2.31. The number of quaternary nitrogens is 1. The van der Waals surface area contributed by atoms with Gasteiger partial charge in [0.2, 0.25) is 0 Å². The number of likely N-dealkylation sites (N-methyl/N-ethyl adjacent to an activating group) is 1. The first-order valence-corrected chi connectivity index (χ1v) is 21.2. The molecule has 0 fully saturated rings. The number of aliphatic carboxylic acids is 1. The fourth-order valence-electron chi connectivity index (χ4n) is 5.88.